The Hall–Kier alpha value is -2.49. The zero-order chi connectivity index (χ0) is 22.5. The van der Waals surface area contributed by atoms with E-state index < -0.39 is 10.0 Å². The van der Waals surface area contributed by atoms with Crippen molar-refractivity contribution in [3.63, 3.8) is 0 Å². The molecule has 0 bridgehead atoms. The van der Waals surface area contributed by atoms with E-state index in [-0.39, 0.29) is 17.3 Å². The van der Waals surface area contributed by atoms with Gasteiger partial charge in [-0.25, -0.2) is 4.98 Å². The number of hydrogen-bond acceptors (Lipinski definition) is 6. The normalized spacial score (nSPS) is 17.9. The molecule has 1 saturated heterocycles. The molecule has 0 spiro atoms. The summed E-state index contributed by atoms with van der Waals surface area (Å²) in [4.78, 5) is 21.3. The van der Waals surface area contributed by atoms with Gasteiger partial charge < -0.3 is 9.80 Å². The highest BCUT2D eigenvalue weighted by Crippen LogP contribution is 2.35. The maximum Gasteiger partial charge on any atom is 0.285 e. The number of hydrogen-bond donors (Lipinski definition) is 0. The maximum absolute atomic E-state index is 12.9. The highest BCUT2D eigenvalue weighted by molar-refractivity contribution is 7.90. The van der Waals surface area contributed by atoms with Crippen molar-refractivity contribution < 1.29 is 13.2 Å². The van der Waals surface area contributed by atoms with Crippen molar-refractivity contribution in [2.45, 2.75) is 23.7 Å². The van der Waals surface area contributed by atoms with Gasteiger partial charge in [-0.15, -0.1) is 15.7 Å². The van der Waals surface area contributed by atoms with Gasteiger partial charge in [0.1, 0.15) is 4.90 Å². The van der Waals surface area contributed by atoms with Crippen molar-refractivity contribution >= 4 is 54.9 Å². The van der Waals surface area contributed by atoms with Crippen LogP contribution in [0.15, 0.2) is 51.8 Å². The van der Waals surface area contributed by atoms with Gasteiger partial charge in [-0.3, -0.25) is 4.79 Å². The van der Waals surface area contributed by atoms with E-state index in [1.165, 1.54) is 6.07 Å². The molecule has 10 heteroatoms. The summed E-state index contributed by atoms with van der Waals surface area (Å²) in [7, 11) is -2.00. The Balaban J connectivity index is 1.23. The average molecular weight is 489 g/mol. The molecular weight excluding hydrogens is 468 g/mol. The minimum absolute atomic E-state index is 0.0356. The predicted octanol–water partition coefficient (Wildman–Crippen LogP) is 3.74. The van der Waals surface area contributed by atoms with Crippen molar-refractivity contribution in [1.82, 2.24) is 14.8 Å². The number of thiazole rings is 1. The van der Waals surface area contributed by atoms with Crippen LogP contribution in [0.25, 0.3) is 10.2 Å². The summed E-state index contributed by atoms with van der Waals surface area (Å²) in [6, 6.07) is 12.5. The van der Waals surface area contributed by atoms with E-state index in [9.17, 15) is 13.2 Å². The number of carbonyl (C=O) groups excluding carboxylic acids is 1. The van der Waals surface area contributed by atoms with E-state index in [1.807, 2.05) is 23.1 Å². The molecule has 1 amide bonds. The van der Waals surface area contributed by atoms with E-state index in [0.29, 0.717) is 35.4 Å². The van der Waals surface area contributed by atoms with Gasteiger partial charge in [-0.05, 0) is 43.2 Å². The first-order valence-electron chi connectivity index (χ1n) is 10.3. The molecule has 0 saturated carbocycles. The number of likely N-dealkylation sites (tertiary alicyclic amines) is 1. The van der Waals surface area contributed by atoms with E-state index in [2.05, 4.69) is 4.40 Å². The SMILES string of the molecule is CN(CC(=O)N1CCC(c2nc3cc(Cl)ccc3s2)CC1)C1=NS(=O)(=O)c2ccccc21. The Labute approximate surface area is 195 Å². The Morgan fingerprint density at radius 3 is 2.75 bits per heavy atom. The molecule has 7 nitrogen and oxygen atoms in total. The van der Waals surface area contributed by atoms with Gasteiger partial charge in [0.25, 0.3) is 10.0 Å². The Morgan fingerprint density at radius 2 is 1.97 bits per heavy atom. The molecule has 2 aliphatic rings. The number of piperidine rings is 1. The quantitative estimate of drug-likeness (QED) is 0.561. The van der Waals surface area contributed by atoms with Crippen molar-refractivity contribution in [2.75, 3.05) is 26.7 Å². The zero-order valence-electron chi connectivity index (χ0n) is 17.4. The molecule has 166 valence electrons. The van der Waals surface area contributed by atoms with Crippen molar-refractivity contribution in [2.24, 2.45) is 4.40 Å². The van der Waals surface area contributed by atoms with Crippen LogP contribution < -0.4 is 0 Å². The van der Waals surface area contributed by atoms with Crippen molar-refractivity contribution in [3.05, 3.63) is 58.1 Å². The summed E-state index contributed by atoms with van der Waals surface area (Å²) in [6.07, 6.45) is 1.70. The van der Waals surface area contributed by atoms with Crippen molar-refractivity contribution in [3.8, 4) is 0 Å². The van der Waals surface area contributed by atoms with Gasteiger partial charge in [0.2, 0.25) is 5.91 Å². The van der Waals surface area contributed by atoms with Gasteiger partial charge >= 0.3 is 0 Å². The standard InChI is InChI=1S/C22H21ClN4O3S2/c1-26(21-16-4-2-3-5-19(16)32(29,30)25-21)13-20(28)27-10-8-14(9-11-27)22-24-17-12-15(23)6-7-18(17)31-22/h2-7,12,14H,8-11,13H2,1H3. The van der Waals surface area contributed by atoms with Crippen LogP contribution in [-0.2, 0) is 14.8 Å². The highest BCUT2D eigenvalue weighted by Gasteiger charge is 2.32. The average Bonchev–Trinajstić information content (AvgIpc) is 3.32. The molecular formula is C22H21ClN4O3S2. The second-order valence-electron chi connectivity index (χ2n) is 8.06. The largest absolute Gasteiger partial charge is 0.349 e. The van der Waals surface area contributed by atoms with Crippen LogP contribution in [0.5, 0.6) is 0 Å². The number of amidine groups is 1. The Morgan fingerprint density at radius 1 is 1.22 bits per heavy atom. The fourth-order valence-corrected chi connectivity index (χ4v) is 6.75. The van der Waals surface area contributed by atoms with E-state index >= 15 is 0 Å². The lowest BCUT2D eigenvalue weighted by atomic mass is 9.97. The van der Waals surface area contributed by atoms with E-state index in [4.69, 9.17) is 16.6 Å². The fourth-order valence-electron chi connectivity index (χ4n) is 4.21. The first kappa shape index (κ1) is 21.4. The summed E-state index contributed by atoms with van der Waals surface area (Å²) in [5.41, 5.74) is 1.46. The fraction of sp³-hybridized carbons (Fsp3) is 0.318. The highest BCUT2D eigenvalue weighted by atomic mass is 35.5. The van der Waals surface area contributed by atoms with Crippen LogP contribution in [0.4, 0.5) is 0 Å². The minimum atomic E-state index is -3.70. The number of aromatic nitrogens is 1. The Bertz CT molecular complexity index is 1340. The van der Waals surface area contributed by atoms with E-state index in [0.717, 1.165) is 28.1 Å². The molecule has 0 atom stereocenters. The first-order chi connectivity index (χ1) is 15.3. The number of rotatable bonds is 3. The van der Waals surface area contributed by atoms with Crippen LogP contribution in [0.1, 0.15) is 29.3 Å². The third kappa shape index (κ3) is 3.89. The second kappa shape index (κ2) is 8.13. The molecule has 5 rings (SSSR count). The predicted molar refractivity (Wildman–Crippen MR) is 126 cm³/mol. The summed E-state index contributed by atoms with van der Waals surface area (Å²) in [5.74, 6) is 0.604. The molecule has 1 aromatic heterocycles. The number of amides is 1. The van der Waals surface area contributed by atoms with Gasteiger partial charge in [-0.2, -0.15) is 8.42 Å². The third-order valence-corrected chi connectivity index (χ3v) is 8.67. The number of nitrogens with zero attached hydrogens (tertiary/aromatic N) is 4. The molecule has 3 aromatic rings. The topological polar surface area (TPSA) is 82.9 Å². The zero-order valence-corrected chi connectivity index (χ0v) is 19.8. The van der Waals surface area contributed by atoms with Gasteiger partial charge in [-0.1, -0.05) is 23.7 Å². The van der Waals surface area contributed by atoms with Gasteiger partial charge in [0.05, 0.1) is 21.8 Å². The molecule has 3 heterocycles. The number of sulfonamides is 1. The molecule has 2 aromatic carbocycles. The monoisotopic (exact) mass is 488 g/mol. The van der Waals surface area contributed by atoms with Crippen molar-refractivity contribution in [1.29, 1.82) is 0 Å². The molecule has 1 fully saturated rings. The number of benzene rings is 2. The smallest absolute Gasteiger partial charge is 0.285 e. The number of fused-ring (bicyclic) bond motifs is 2. The minimum Gasteiger partial charge on any atom is -0.349 e. The lowest BCUT2D eigenvalue weighted by molar-refractivity contribution is -0.132. The third-order valence-electron chi connectivity index (χ3n) is 5.91. The van der Waals surface area contributed by atoms with Crippen LogP contribution in [0.2, 0.25) is 5.02 Å². The van der Waals surface area contributed by atoms with Gasteiger partial charge in [0, 0.05) is 36.6 Å². The first-order valence-corrected chi connectivity index (χ1v) is 12.9. The van der Waals surface area contributed by atoms with Crippen LogP contribution in [0.3, 0.4) is 0 Å². The molecule has 0 unspecified atom stereocenters. The van der Waals surface area contributed by atoms with Crippen LogP contribution in [-0.4, -0.2) is 61.6 Å². The van der Waals surface area contributed by atoms with Crippen LogP contribution in [0, 0.1) is 0 Å². The van der Waals surface area contributed by atoms with Crippen LogP contribution >= 0.6 is 22.9 Å². The maximum atomic E-state index is 12.9. The number of halogens is 1. The summed E-state index contributed by atoms with van der Waals surface area (Å²) < 4.78 is 29.6. The lowest BCUT2D eigenvalue weighted by Gasteiger charge is -2.32. The molecule has 0 radical (unpaired) electrons. The van der Waals surface area contributed by atoms with E-state index in [1.54, 1.807) is 41.5 Å². The molecule has 2 aliphatic heterocycles. The Kier molecular flexibility index (Phi) is 5.43. The molecule has 0 aliphatic carbocycles. The number of likely N-dealkylation sites (N-methyl/N-ethyl adjacent to an activating group) is 1. The summed E-state index contributed by atoms with van der Waals surface area (Å²) in [5, 5.41) is 1.77. The summed E-state index contributed by atoms with van der Waals surface area (Å²) in [6.45, 7) is 1.37. The summed E-state index contributed by atoms with van der Waals surface area (Å²) >= 11 is 7.76. The molecule has 32 heavy (non-hydrogen) atoms. The second-order valence-corrected chi connectivity index (χ2v) is 11.1. The lowest BCUT2D eigenvalue weighted by Crippen LogP contribution is -2.44. The number of carbonyl (C=O) groups is 1. The van der Waals surface area contributed by atoms with Gasteiger partial charge in [0.15, 0.2) is 5.84 Å². The molecule has 0 N–H and O–H groups in total.